The monoisotopic (exact) mass is 394 g/mol. The number of aryl methyl sites for hydroxylation is 1. The maximum absolute atomic E-state index is 13.0. The second-order valence-electron chi connectivity index (χ2n) is 4.83. The molecule has 0 aliphatic heterocycles. The summed E-state index contributed by atoms with van der Waals surface area (Å²) in [4.78, 5) is 13.9. The number of thiazole rings is 1. The van der Waals surface area contributed by atoms with E-state index < -0.39 is 37.9 Å². The molecule has 0 saturated heterocycles. The van der Waals surface area contributed by atoms with Crippen molar-refractivity contribution in [2.45, 2.75) is 24.9 Å². The lowest BCUT2D eigenvalue weighted by atomic mass is 10.2. The number of ether oxygens (including phenoxy) is 1. The lowest BCUT2D eigenvalue weighted by Gasteiger charge is -2.05. The highest BCUT2D eigenvalue weighted by Crippen LogP contribution is 2.37. The van der Waals surface area contributed by atoms with E-state index in [0.29, 0.717) is 0 Å². The van der Waals surface area contributed by atoms with Crippen LogP contribution in [0.5, 0.6) is 0 Å². The topological polar surface area (TPSA) is 85.4 Å². The van der Waals surface area contributed by atoms with Crippen LogP contribution in [0.4, 0.5) is 18.3 Å². The molecule has 0 amide bonds. The van der Waals surface area contributed by atoms with Gasteiger partial charge in [-0.3, -0.25) is 4.72 Å². The number of nitrogens with one attached hydrogen (secondary N) is 1. The van der Waals surface area contributed by atoms with Crippen molar-refractivity contribution in [1.82, 2.24) is 4.98 Å². The van der Waals surface area contributed by atoms with Crippen LogP contribution in [-0.4, -0.2) is 26.0 Å². The van der Waals surface area contributed by atoms with Gasteiger partial charge in [-0.15, -0.1) is 0 Å². The normalized spacial score (nSPS) is 12.0. The van der Waals surface area contributed by atoms with Crippen LogP contribution in [0.2, 0.25) is 0 Å². The summed E-state index contributed by atoms with van der Waals surface area (Å²) in [5, 5.41) is -0.573. The van der Waals surface area contributed by atoms with Crippen molar-refractivity contribution >= 4 is 32.5 Å². The molecule has 6 nitrogen and oxygen atoms in total. The molecule has 25 heavy (non-hydrogen) atoms. The van der Waals surface area contributed by atoms with E-state index in [9.17, 15) is 26.4 Å². The SMILES string of the molecule is CCOC(=O)c1sc(NS(=O)(=O)c2ccc(C)cc2)nc1C(F)(F)F. The second kappa shape index (κ2) is 7.00. The van der Waals surface area contributed by atoms with E-state index in [1.54, 1.807) is 19.1 Å². The van der Waals surface area contributed by atoms with Gasteiger partial charge in [0.05, 0.1) is 11.5 Å². The van der Waals surface area contributed by atoms with Crippen LogP contribution in [-0.2, 0) is 20.9 Å². The van der Waals surface area contributed by atoms with Crippen LogP contribution >= 0.6 is 11.3 Å². The van der Waals surface area contributed by atoms with E-state index in [4.69, 9.17) is 0 Å². The first kappa shape index (κ1) is 19.2. The molecular formula is C14H13F3N2O4S2. The van der Waals surface area contributed by atoms with Crippen molar-refractivity contribution in [2.24, 2.45) is 0 Å². The van der Waals surface area contributed by atoms with Gasteiger partial charge in [0.2, 0.25) is 0 Å². The van der Waals surface area contributed by atoms with Gasteiger partial charge in [-0.1, -0.05) is 29.0 Å². The number of anilines is 1. The number of alkyl halides is 3. The quantitative estimate of drug-likeness (QED) is 0.785. The van der Waals surface area contributed by atoms with E-state index in [1.807, 2.05) is 4.72 Å². The van der Waals surface area contributed by atoms with Gasteiger partial charge in [0, 0.05) is 0 Å². The second-order valence-corrected chi connectivity index (χ2v) is 7.52. The molecule has 11 heteroatoms. The number of rotatable bonds is 5. The first-order valence-electron chi connectivity index (χ1n) is 6.89. The van der Waals surface area contributed by atoms with Crippen LogP contribution in [0.1, 0.15) is 27.9 Å². The third kappa shape index (κ3) is 4.48. The molecule has 2 aromatic rings. The predicted molar refractivity (Wildman–Crippen MR) is 85.1 cm³/mol. The Bertz CT molecular complexity index is 874. The molecule has 0 aliphatic carbocycles. The van der Waals surface area contributed by atoms with Crippen molar-refractivity contribution < 1.29 is 31.1 Å². The van der Waals surface area contributed by atoms with Gasteiger partial charge in [0.25, 0.3) is 10.0 Å². The highest BCUT2D eigenvalue weighted by molar-refractivity contribution is 7.93. The van der Waals surface area contributed by atoms with Crippen molar-refractivity contribution in [3.05, 3.63) is 40.4 Å². The maximum atomic E-state index is 13.0. The third-order valence-corrected chi connectivity index (χ3v) is 5.34. The molecule has 1 N–H and O–H groups in total. The van der Waals surface area contributed by atoms with E-state index in [0.717, 1.165) is 5.56 Å². The molecule has 0 spiro atoms. The molecule has 0 aliphatic rings. The van der Waals surface area contributed by atoms with Crippen LogP contribution in [0.25, 0.3) is 0 Å². The van der Waals surface area contributed by atoms with E-state index in [1.165, 1.54) is 19.1 Å². The summed E-state index contributed by atoms with van der Waals surface area (Å²) >= 11 is 0.263. The molecule has 0 radical (unpaired) electrons. The van der Waals surface area contributed by atoms with Gasteiger partial charge < -0.3 is 4.74 Å². The number of nitrogens with zero attached hydrogens (tertiary/aromatic N) is 1. The van der Waals surface area contributed by atoms with Crippen LogP contribution < -0.4 is 4.72 Å². The summed E-state index contributed by atoms with van der Waals surface area (Å²) in [7, 11) is -4.14. The van der Waals surface area contributed by atoms with Crippen LogP contribution in [0, 0.1) is 6.92 Å². The Morgan fingerprint density at radius 3 is 2.40 bits per heavy atom. The first-order valence-corrected chi connectivity index (χ1v) is 9.19. The minimum Gasteiger partial charge on any atom is -0.462 e. The Morgan fingerprint density at radius 2 is 1.88 bits per heavy atom. The summed E-state index contributed by atoms with van der Waals surface area (Å²) in [6, 6.07) is 5.70. The smallest absolute Gasteiger partial charge is 0.435 e. The molecule has 2 rings (SSSR count). The van der Waals surface area contributed by atoms with Gasteiger partial charge in [-0.25, -0.2) is 18.2 Å². The van der Waals surface area contributed by atoms with Gasteiger partial charge >= 0.3 is 12.1 Å². The number of sulfonamides is 1. The van der Waals surface area contributed by atoms with Crippen molar-refractivity contribution in [3.8, 4) is 0 Å². The van der Waals surface area contributed by atoms with Gasteiger partial charge in [-0.05, 0) is 26.0 Å². The summed E-state index contributed by atoms with van der Waals surface area (Å²) in [5.41, 5.74) is -0.672. The zero-order chi connectivity index (χ0) is 18.8. The number of hydrogen-bond donors (Lipinski definition) is 1. The number of halogens is 3. The third-order valence-electron chi connectivity index (χ3n) is 2.91. The molecule has 1 aromatic carbocycles. The van der Waals surface area contributed by atoms with Crippen molar-refractivity contribution in [3.63, 3.8) is 0 Å². The Morgan fingerprint density at radius 1 is 1.28 bits per heavy atom. The lowest BCUT2D eigenvalue weighted by Crippen LogP contribution is -2.14. The average Bonchev–Trinajstić information content (AvgIpc) is 2.91. The molecule has 1 heterocycles. The molecule has 0 atom stereocenters. The minimum absolute atomic E-state index is 0.127. The zero-order valence-corrected chi connectivity index (χ0v) is 14.7. The summed E-state index contributed by atoms with van der Waals surface area (Å²) in [6.07, 6.45) is -4.92. The Hall–Kier alpha value is -2.14. The van der Waals surface area contributed by atoms with Gasteiger partial charge in [0.15, 0.2) is 10.8 Å². The molecule has 0 unspecified atom stereocenters. The van der Waals surface area contributed by atoms with Crippen molar-refractivity contribution in [2.75, 3.05) is 11.3 Å². The number of carbonyl (C=O) groups is 1. The van der Waals surface area contributed by atoms with Gasteiger partial charge in [0.1, 0.15) is 4.88 Å². The number of esters is 1. The highest BCUT2D eigenvalue weighted by Gasteiger charge is 2.40. The summed E-state index contributed by atoms with van der Waals surface area (Å²) in [5.74, 6) is -1.21. The zero-order valence-electron chi connectivity index (χ0n) is 13.0. The molecule has 0 fully saturated rings. The number of hydrogen-bond acceptors (Lipinski definition) is 6. The van der Waals surface area contributed by atoms with Crippen molar-refractivity contribution in [1.29, 1.82) is 0 Å². The van der Waals surface area contributed by atoms with Gasteiger partial charge in [-0.2, -0.15) is 13.2 Å². The lowest BCUT2D eigenvalue weighted by molar-refractivity contribution is -0.141. The van der Waals surface area contributed by atoms with E-state index in [-0.39, 0.29) is 22.8 Å². The largest absolute Gasteiger partial charge is 0.462 e. The molecule has 1 aromatic heterocycles. The summed E-state index contributed by atoms with van der Waals surface area (Å²) < 4.78 is 70.1. The minimum atomic E-state index is -4.92. The highest BCUT2D eigenvalue weighted by atomic mass is 32.2. The average molecular weight is 394 g/mol. The summed E-state index contributed by atoms with van der Waals surface area (Å²) in [6.45, 7) is 3.07. The fourth-order valence-corrected chi connectivity index (χ4v) is 3.90. The Kier molecular flexibility index (Phi) is 5.37. The Labute approximate surface area is 145 Å². The number of aromatic nitrogens is 1. The number of benzene rings is 1. The molecule has 136 valence electrons. The fourth-order valence-electron chi connectivity index (χ4n) is 1.78. The predicted octanol–water partition coefficient (Wildman–Crippen LogP) is 3.45. The molecular weight excluding hydrogens is 381 g/mol. The molecule has 0 bridgehead atoms. The van der Waals surface area contributed by atoms with E-state index in [2.05, 4.69) is 9.72 Å². The van der Waals surface area contributed by atoms with Crippen LogP contribution in [0.3, 0.4) is 0 Å². The van der Waals surface area contributed by atoms with E-state index >= 15 is 0 Å². The Balaban J connectivity index is 2.40. The first-order chi connectivity index (χ1) is 11.5. The van der Waals surface area contributed by atoms with Crippen LogP contribution in [0.15, 0.2) is 29.2 Å². The fraction of sp³-hybridized carbons (Fsp3) is 0.286. The standard InChI is InChI=1S/C14H13F3N2O4S2/c1-3-23-12(20)10-11(14(15,16)17)18-13(24-10)19-25(21,22)9-6-4-8(2)5-7-9/h4-7H,3H2,1-2H3,(H,18,19). The number of carbonyl (C=O) groups excluding carboxylic acids is 1. The molecule has 0 saturated carbocycles. The maximum Gasteiger partial charge on any atom is 0.435 e.